The van der Waals surface area contributed by atoms with Crippen molar-refractivity contribution in [2.75, 3.05) is 26.4 Å². The maximum Gasteiger partial charge on any atom is 0.187 e. The van der Waals surface area contributed by atoms with Crippen LogP contribution in [0.5, 0.6) is 0 Å². The van der Waals surface area contributed by atoms with Crippen LogP contribution in [-0.4, -0.2) is 180 Å². The second-order valence-corrected chi connectivity index (χ2v) is 17.3. The van der Waals surface area contributed by atoms with Crippen LogP contribution in [0.25, 0.3) is 0 Å². The number of ether oxygens (including phenoxy) is 12. The van der Waals surface area contributed by atoms with Gasteiger partial charge in [-0.15, -0.1) is 0 Å². The number of rotatable bonds is 11. The van der Waals surface area contributed by atoms with Crippen molar-refractivity contribution in [1.82, 2.24) is 0 Å². The van der Waals surface area contributed by atoms with E-state index in [1.165, 1.54) is 0 Å². The maximum absolute atomic E-state index is 11.3. The topological polar surface area (TPSA) is 232 Å². The van der Waals surface area contributed by atoms with Crippen molar-refractivity contribution in [2.24, 2.45) is 35.5 Å². The Labute approximate surface area is 334 Å². The second-order valence-electron chi connectivity index (χ2n) is 17.3. The van der Waals surface area contributed by atoms with Crippen molar-refractivity contribution < 1.29 is 87.5 Å². The highest BCUT2D eigenvalue weighted by molar-refractivity contribution is 4.98. The first-order chi connectivity index (χ1) is 27.2. The Balaban J connectivity index is 0.968. The molecule has 26 atom stereocenters. The van der Waals surface area contributed by atoms with Crippen LogP contribution in [-0.2, 0) is 56.8 Å². The monoisotopic (exact) mass is 822 g/mol. The van der Waals surface area contributed by atoms with E-state index in [0.717, 1.165) is 0 Å². The highest BCUT2D eigenvalue weighted by Gasteiger charge is 2.55. The predicted octanol–water partition coefficient (Wildman–Crippen LogP) is -0.402. The summed E-state index contributed by atoms with van der Waals surface area (Å²) in [5.74, 6) is -0.168. The lowest BCUT2D eigenvalue weighted by Crippen LogP contribution is -2.66. The molecule has 7 fully saturated rings. The van der Waals surface area contributed by atoms with Gasteiger partial charge in [-0.2, -0.15) is 0 Å². The minimum atomic E-state index is -1.69. The third-order valence-corrected chi connectivity index (χ3v) is 13.8. The lowest BCUT2D eigenvalue weighted by Gasteiger charge is -2.51. The van der Waals surface area contributed by atoms with E-state index >= 15 is 0 Å². The summed E-state index contributed by atoms with van der Waals surface area (Å²) in [5, 5.41) is 65.0. The fourth-order valence-electron chi connectivity index (χ4n) is 9.48. The number of aliphatic hydroxyl groups is 6. The fraction of sp³-hybridized carbons (Fsp3) is 1.00. The first-order valence-electron chi connectivity index (χ1n) is 20.9. The summed E-state index contributed by atoms with van der Waals surface area (Å²) >= 11 is 0. The summed E-state index contributed by atoms with van der Waals surface area (Å²) in [6, 6.07) is 0. The molecule has 2 bridgehead atoms. The Morgan fingerprint density at radius 1 is 0.456 bits per heavy atom. The van der Waals surface area contributed by atoms with Crippen LogP contribution in [0.2, 0.25) is 0 Å². The molecule has 0 aromatic heterocycles. The first kappa shape index (κ1) is 44.3. The minimum Gasteiger partial charge on any atom is -0.394 e. The lowest BCUT2D eigenvalue weighted by atomic mass is 9.81. The molecule has 7 heterocycles. The van der Waals surface area contributed by atoms with Crippen molar-refractivity contribution in [3.63, 3.8) is 0 Å². The van der Waals surface area contributed by atoms with E-state index in [-0.39, 0.29) is 72.8 Å². The molecule has 0 aromatic rings. The van der Waals surface area contributed by atoms with Crippen LogP contribution in [0.15, 0.2) is 0 Å². The fourth-order valence-corrected chi connectivity index (χ4v) is 9.48. The van der Waals surface area contributed by atoms with Crippen LogP contribution in [0, 0.1) is 35.5 Å². The van der Waals surface area contributed by atoms with Gasteiger partial charge in [0.1, 0.15) is 61.0 Å². The average molecular weight is 823 g/mol. The number of hydrogen-bond acceptors (Lipinski definition) is 18. The molecule has 18 heteroatoms. The summed E-state index contributed by atoms with van der Waals surface area (Å²) < 4.78 is 73.4. The molecule has 7 saturated heterocycles. The van der Waals surface area contributed by atoms with E-state index in [4.69, 9.17) is 56.8 Å². The molecule has 0 radical (unpaired) electrons. The molecule has 6 N–H and O–H groups in total. The van der Waals surface area contributed by atoms with E-state index in [2.05, 4.69) is 27.7 Å². The van der Waals surface area contributed by atoms with Crippen molar-refractivity contribution in [1.29, 1.82) is 0 Å². The lowest BCUT2D eigenvalue weighted by molar-refractivity contribution is -0.391. The molecule has 0 spiro atoms. The second kappa shape index (κ2) is 18.3. The van der Waals surface area contributed by atoms with E-state index in [1.807, 2.05) is 20.8 Å². The van der Waals surface area contributed by atoms with Gasteiger partial charge in [-0.1, -0.05) is 48.5 Å². The predicted molar refractivity (Wildman–Crippen MR) is 193 cm³/mol. The molecule has 7 rings (SSSR count). The Kier molecular flexibility index (Phi) is 14.3. The van der Waals surface area contributed by atoms with E-state index in [0.29, 0.717) is 13.0 Å². The van der Waals surface area contributed by atoms with Crippen LogP contribution >= 0.6 is 0 Å². The minimum absolute atomic E-state index is 0.0156. The highest BCUT2D eigenvalue weighted by atomic mass is 16.8. The van der Waals surface area contributed by atoms with Crippen molar-refractivity contribution in [2.45, 2.75) is 185 Å². The molecule has 330 valence electrons. The standard InChI is InChI=1S/C39H66O18/c1-9-21-30(15(3)18(6)36(49-21)55-32-14(2)17(5)35-47-13-24(32)52-35)54-37-19(7)16(4)31(22(10-40)50-37)56-38-28(44)26(42)33(23(11-41)51-38)57-39-29(45)27(43)34-25(53-39)12-46-20(8)48-34/h14-45H,9-13H2,1-8H3/t14?,15-,16-,17?,18?,19?,20?,21?,22?,23?,24+,25?,26?,27?,28?,29?,30-,31-,32+,33-,34-,35-,36+,37+,38-,39-/m1/s1. The van der Waals surface area contributed by atoms with E-state index in [1.54, 1.807) is 6.92 Å². The summed E-state index contributed by atoms with van der Waals surface area (Å²) in [4.78, 5) is 0. The van der Waals surface area contributed by atoms with Gasteiger partial charge < -0.3 is 87.5 Å². The van der Waals surface area contributed by atoms with Crippen LogP contribution in [0.4, 0.5) is 0 Å². The van der Waals surface area contributed by atoms with Crippen LogP contribution < -0.4 is 0 Å². The quantitative estimate of drug-likeness (QED) is 0.156. The molecule has 13 unspecified atom stereocenters. The Morgan fingerprint density at radius 2 is 0.947 bits per heavy atom. The summed E-state index contributed by atoms with van der Waals surface area (Å²) in [6.45, 7) is 15.6. The van der Waals surface area contributed by atoms with E-state index in [9.17, 15) is 30.6 Å². The third kappa shape index (κ3) is 8.57. The van der Waals surface area contributed by atoms with E-state index < -0.39 is 106 Å². The number of aliphatic hydroxyl groups excluding tert-OH is 6. The smallest absolute Gasteiger partial charge is 0.187 e. The van der Waals surface area contributed by atoms with Crippen molar-refractivity contribution in [3.8, 4) is 0 Å². The van der Waals surface area contributed by atoms with Crippen LogP contribution in [0.1, 0.15) is 61.8 Å². The van der Waals surface area contributed by atoms with Crippen molar-refractivity contribution >= 4 is 0 Å². The van der Waals surface area contributed by atoms with Gasteiger partial charge in [0.25, 0.3) is 0 Å². The molecule has 0 aromatic carbocycles. The zero-order valence-electron chi connectivity index (χ0n) is 34.1. The highest BCUT2D eigenvalue weighted by Crippen LogP contribution is 2.44. The molecule has 18 nitrogen and oxygen atoms in total. The molecule has 0 saturated carbocycles. The Bertz CT molecular complexity index is 1290. The van der Waals surface area contributed by atoms with Crippen LogP contribution in [0.3, 0.4) is 0 Å². The van der Waals surface area contributed by atoms with Gasteiger partial charge in [0.15, 0.2) is 37.7 Å². The Hall–Kier alpha value is -0.720. The molecule has 0 amide bonds. The van der Waals surface area contributed by atoms with Gasteiger partial charge in [-0.25, -0.2) is 0 Å². The number of fused-ring (bicyclic) bond motifs is 3. The van der Waals surface area contributed by atoms with Gasteiger partial charge in [-0.05, 0) is 31.1 Å². The summed E-state index contributed by atoms with van der Waals surface area (Å²) in [6.07, 6.45) is -17.6. The molecular formula is C39H66O18. The zero-order valence-corrected chi connectivity index (χ0v) is 34.1. The SMILES string of the molecule is CCC1O[C@@H](O[C@H]2C(C)C(C)[C@@H]3OC[C@@H]2O3)C(C)[C@@H](C)[C@H]1O[C@@H]1OC(CO)[C@H](O[C@H]2OC(CO)[C@@H](O[C@H]3OC4COC(C)O[C@H]4C(O)C3O)C(O)C2O)[C@H](C)C1C. The summed E-state index contributed by atoms with van der Waals surface area (Å²) in [5.41, 5.74) is 0. The molecule has 0 aliphatic carbocycles. The maximum atomic E-state index is 11.3. The molecule has 7 aliphatic heterocycles. The van der Waals surface area contributed by atoms with Gasteiger partial charge in [0.2, 0.25) is 0 Å². The Morgan fingerprint density at radius 3 is 1.60 bits per heavy atom. The zero-order chi connectivity index (χ0) is 41.0. The third-order valence-electron chi connectivity index (χ3n) is 13.8. The molecule has 57 heavy (non-hydrogen) atoms. The largest absolute Gasteiger partial charge is 0.394 e. The first-order valence-corrected chi connectivity index (χ1v) is 20.9. The molecular weight excluding hydrogens is 756 g/mol. The van der Waals surface area contributed by atoms with Crippen molar-refractivity contribution in [3.05, 3.63) is 0 Å². The van der Waals surface area contributed by atoms with Gasteiger partial charge in [0, 0.05) is 17.8 Å². The van der Waals surface area contributed by atoms with Gasteiger partial charge >= 0.3 is 0 Å². The van der Waals surface area contributed by atoms with Gasteiger partial charge in [0.05, 0.1) is 50.8 Å². The normalized spacial score (nSPS) is 55.7. The summed E-state index contributed by atoms with van der Waals surface area (Å²) in [7, 11) is 0. The number of hydrogen-bond donors (Lipinski definition) is 6. The average Bonchev–Trinajstić information content (AvgIpc) is 3.66. The molecule has 7 aliphatic rings. The van der Waals surface area contributed by atoms with Gasteiger partial charge in [-0.3, -0.25) is 0 Å².